The van der Waals surface area contributed by atoms with Crippen LogP contribution in [0.15, 0.2) is 65.0 Å². The highest BCUT2D eigenvalue weighted by Crippen LogP contribution is 2.38. The predicted octanol–water partition coefficient (Wildman–Crippen LogP) is 6.13. The lowest BCUT2D eigenvalue weighted by molar-refractivity contribution is -0.139. The summed E-state index contributed by atoms with van der Waals surface area (Å²) in [4.78, 5) is 17.9. The molecule has 190 valence electrons. The molecule has 1 aliphatic rings. The van der Waals surface area contributed by atoms with Crippen molar-refractivity contribution in [2.75, 3.05) is 11.9 Å². The Morgan fingerprint density at radius 1 is 1.22 bits per heavy atom. The largest absolute Gasteiger partial charge is 0.491 e. The zero-order valence-corrected chi connectivity index (χ0v) is 21.8. The molecule has 0 fully saturated rings. The van der Waals surface area contributed by atoms with Gasteiger partial charge in [0.2, 0.25) is 11.1 Å². The molecule has 0 bridgehead atoms. The van der Waals surface area contributed by atoms with Gasteiger partial charge < -0.3 is 14.8 Å². The third-order valence-electron chi connectivity index (χ3n) is 5.64. The molecule has 4 rings (SSSR count). The minimum atomic E-state index is -0.554. The summed E-state index contributed by atoms with van der Waals surface area (Å²) >= 11 is 1.34. The predicted molar refractivity (Wildman–Crippen MR) is 139 cm³/mol. The minimum absolute atomic E-state index is 0.00680. The number of hydrogen-bond acceptors (Lipinski definition) is 7. The van der Waals surface area contributed by atoms with E-state index < -0.39 is 12.0 Å². The van der Waals surface area contributed by atoms with Gasteiger partial charge >= 0.3 is 5.97 Å². The van der Waals surface area contributed by atoms with Gasteiger partial charge in [-0.2, -0.15) is 4.98 Å². The number of esters is 1. The van der Waals surface area contributed by atoms with Crippen LogP contribution in [-0.4, -0.2) is 33.4 Å². The second-order valence-electron chi connectivity index (χ2n) is 8.84. The number of allylic oxidation sites excluding steroid dienone is 1. The molecule has 1 N–H and O–H groups in total. The number of anilines is 1. The van der Waals surface area contributed by atoms with E-state index in [2.05, 4.69) is 10.3 Å². The molecule has 0 radical (unpaired) electrons. The van der Waals surface area contributed by atoms with E-state index in [0.29, 0.717) is 46.0 Å². The summed E-state index contributed by atoms with van der Waals surface area (Å²) in [5, 5.41) is 8.40. The number of carbonyl (C=O) groups is 1. The number of halogens is 1. The van der Waals surface area contributed by atoms with Crippen LogP contribution in [0.1, 0.15) is 57.7 Å². The van der Waals surface area contributed by atoms with E-state index in [0.717, 1.165) is 18.4 Å². The van der Waals surface area contributed by atoms with Crippen LogP contribution in [-0.2, 0) is 15.3 Å². The highest BCUT2D eigenvalue weighted by molar-refractivity contribution is 7.98. The van der Waals surface area contributed by atoms with Crippen molar-refractivity contribution in [3.8, 4) is 5.75 Å². The van der Waals surface area contributed by atoms with Gasteiger partial charge in [0, 0.05) is 11.4 Å². The lowest BCUT2D eigenvalue weighted by Gasteiger charge is -2.28. The van der Waals surface area contributed by atoms with Crippen LogP contribution in [0.4, 0.5) is 10.3 Å². The maximum absolute atomic E-state index is 14.1. The number of benzene rings is 2. The summed E-state index contributed by atoms with van der Waals surface area (Å²) in [5.41, 5.74) is 2.53. The Bertz CT molecular complexity index is 1260. The summed E-state index contributed by atoms with van der Waals surface area (Å²) in [7, 11) is 0. The van der Waals surface area contributed by atoms with Crippen LogP contribution in [0.2, 0.25) is 0 Å². The van der Waals surface area contributed by atoms with Crippen molar-refractivity contribution < 1.29 is 18.7 Å². The highest BCUT2D eigenvalue weighted by atomic mass is 32.2. The fraction of sp³-hybridized carbons (Fsp3) is 0.370. The van der Waals surface area contributed by atoms with Gasteiger partial charge in [-0.25, -0.2) is 13.9 Å². The van der Waals surface area contributed by atoms with Gasteiger partial charge in [0.25, 0.3) is 0 Å². The first-order valence-corrected chi connectivity index (χ1v) is 13.1. The molecule has 0 amide bonds. The van der Waals surface area contributed by atoms with Crippen LogP contribution in [0.25, 0.3) is 0 Å². The number of nitrogens with zero attached hydrogens (tertiary/aromatic N) is 3. The molecule has 3 aromatic rings. The van der Waals surface area contributed by atoms with E-state index in [4.69, 9.17) is 14.6 Å². The molecule has 7 nitrogen and oxygen atoms in total. The second kappa shape index (κ2) is 11.6. The SMILES string of the molecule is CCCCOC(=O)C1=C(C)Nc2nc(SCc3ccccc3F)nn2C1c1cccc(OC(C)C)c1. The molecular weight excluding hydrogens is 479 g/mol. The Hall–Kier alpha value is -3.33. The van der Waals surface area contributed by atoms with Gasteiger partial charge in [-0.05, 0) is 56.5 Å². The van der Waals surface area contributed by atoms with E-state index in [1.807, 2.05) is 52.0 Å². The van der Waals surface area contributed by atoms with Crippen molar-refractivity contribution in [2.45, 2.75) is 63.6 Å². The quantitative estimate of drug-likeness (QED) is 0.200. The molecule has 0 saturated carbocycles. The third kappa shape index (κ3) is 5.90. The van der Waals surface area contributed by atoms with E-state index in [9.17, 15) is 9.18 Å². The molecule has 1 unspecified atom stereocenters. The summed E-state index contributed by atoms with van der Waals surface area (Å²) < 4.78 is 27.3. The fourth-order valence-electron chi connectivity index (χ4n) is 3.94. The first-order chi connectivity index (χ1) is 17.4. The first-order valence-electron chi connectivity index (χ1n) is 12.1. The number of ether oxygens (including phenoxy) is 2. The van der Waals surface area contributed by atoms with Crippen LogP contribution >= 0.6 is 11.8 Å². The van der Waals surface area contributed by atoms with Gasteiger partial charge in [0.15, 0.2) is 0 Å². The number of hydrogen-bond donors (Lipinski definition) is 1. The minimum Gasteiger partial charge on any atom is -0.491 e. The number of unbranched alkanes of at least 4 members (excludes halogenated alkanes) is 1. The number of aromatic nitrogens is 3. The molecule has 0 aliphatic carbocycles. The summed E-state index contributed by atoms with van der Waals surface area (Å²) in [5.74, 6) is 0.940. The molecular formula is C27H31FN4O3S. The van der Waals surface area contributed by atoms with E-state index in [1.165, 1.54) is 17.8 Å². The summed E-state index contributed by atoms with van der Waals surface area (Å²) in [6, 6.07) is 13.7. The Morgan fingerprint density at radius 2 is 2.03 bits per heavy atom. The smallest absolute Gasteiger partial charge is 0.338 e. The van der Waals surface area contributed by atoms with Crippen LogP contribution in [0, 0.1) is 5.82 Å². The van der Waals surface area contributed by atoms with E-state index >= 15 is 0 Å². The number of thioether (sulfide) groups is 1. The lowest BCUT2D eigenvalue weighted by atomic mass is 9.95. The fourth-order valence-corrected chi connectivity index (χ4v) is 4.76. The van der Waals surface area contributed by atoms with Gasteiger partial charge in [0.1, 0.15) is 17.6 Å². The molecule has 0 spiro atoms. The van der Waals surface area contributed by atoms with Crippen molar-refractivity contribution in [2.24, 2.45) is 0 Å². The van der Waals surface area contributed by atoms with Gasteiger partial charge in [0.05, 0.1) is 18.3 Å². The maximum Gasteiger partial charge on any atom is 0.338 e. The number of nitrogens with one attached hydrogen (secondary N) is 1. The maximum atomic E-state index is 14.1. The third-order valence-corrected chi connectivity index (χ3v) is 6.53. The van der Waals surface area contributed by atoms with E-state index in [1.54, 1.807) is 22.9 Å². The molecule has 1 aliphatic heterocycles. The molecule has 1 aromatic heterocycles. The zero-order chi connectivity index (χ0) is 25.7. The average molecular weight is 511 g/mol. The monoisotopic (exact) mass is 510 g/mol. The summed E-state index contributed by atoms with van der Waals surface area (Å²) in [6.45, 7) is 8.16. The molecule has 36 heavy (non-hydrogen) atoms. The van der Waals surface area contributed by atoms with Crippen molar-refractivity contribution >= 4 is 23.7 Å². The van der Waals surface area contributed by atoms with Crippen molar-refractivity contribution in [3.05, 3.63) is 76.7 Å². The van der Waals surface area contributed by atoms with E-state index in [-0.39, 0.29) is 11.9 Å². The standard InChI is InChI=1S/C27H31FN4O3S/c1-5-6-14-34-25(33)23-18(4)29-26-30-27(36-16-20-10-7-8-13-22(20)28)31-32(26)24(23)19-11-9-12-21(15-19)35-17(2)3/h7-13,15,17,24H,5-6,14,16H2,1-4H3,(H,29,30,31). The molecule has 9 heteroatoms. The Kier molecular flexibility index (Phi) is 8.30. The highest BCUT2D eigenvalue weighted by Gasteiger charge is 2.35. The Morgan fingerprint density at radius 3 is 2.78 bits per heavy atom. The lowest BCUT2D eigenvalue weighted by Crippen LogP contribution is -2.30. The van der Waals surface area contributed by atoms with Gasteiger partial charge in [-0.15, -0.1) is 5.10 Å². The average Bonchev–Trinajstić information content (AvgIpc) is 3.24. The number of carbonyl (C=O) groups excluding carboxylic acids is 1. The van der Waals surface area contributed by atoms with Crippen molar-refractivity contribution in [1.29, 1.82) is 0 Å². The van der Waals surface area contributed by atoms with Crippen LogP contribution in [0.3, 0.4) is 0 Å². The van der Waals surface area contributed by atoms with Gasteiger partial charge in [-0.1, -0.05) is 55.4 Å². The van der Waals surface area contributed by atoms with Crippen molar-refractivity contribution in [1.82, 2.24) is 14.8 Å². The van der Waals surface area contributed by atoms with Crippen LogP contribution in [0.5, 0.6) is 5.75 Å². The molecule has 2 aromatic carbocycles. The zero-order valence-electron chi connectivity index (χ0n) is 21.0. The normalized spacial score (nSPS) is 15.0. The topological polar surface area (TPSA) is 78.3 Å². The van der Waals surface area contributed by atoms with Crippen molar-refractivity contribution in [3.63, 3.8) is 0 Å². The van der Waals surface area contributed by atoms with Crippen LogP contribution < -0.4 is 10.1 Å². The Labute approximate surface area is 215 Å². The first kappa shape index (κ1) is 25.8. The molecule has 0 saturated heterocycles. The number of fused-ring (bicyclic) bond motifs is 1. The number of rotatable bonds is 10. The Balaban J connectivity index is 1.69. The molecule has 1 atom stereocenters. The summed E-state index contributed by atoms with van der Waals surface area (Å²) in [6.07, 6.45) is 1.73. The second-order valence-corrected chi connectivity index (χ2v) is 9.78. The molecule has 2 heterocycles. The van der Waals surface area contributed by atoms with Gasteiger partial charge in [-0.3, -0.25) is 0 Å².